The van der Waals surface area contributed by atoms with Gasteiger partial charge < -0.3 is 10.5 Å². The molecule has 0 aliphatic heterocycles. The summed E-state index contributed by atoms with van der Waals surface area (Å²) in [4.78, 5) is 0. The van der Waals surface area contributed by atoms with Crippen LogP contribution in [0.1, 0.15) is 5.56 Å². The molecule has 0 unspecified atom stereocenters. The van der Waals surface area contributed by atoms with Crippen molar-refractivity contribution in [1.82, 2.24) is 20.2 Å². The Morgan fingerprint density at radius 1 is 1.14 bits per heavy atom. The molecule has 106 valence electrons. The van der Waals surface area contributed by atoms with Crippen LogP contribution in [0.4, 0.5) is 5.69 Å². The van der Waals surface area contributed by atoms with Crippen molar-refractivity contribution in [1.29, 1.82) is 0 Å². The number of anilines is 1. The lowest BCUT2D eigenvalue weighted by Gasteiger charge is -2.10. The molecule has 21 heavy (non-hydrogen) atoms. The van der Waals surface area contributed by atoms with Crippen molar-refractivity contribution < 1.29 is 4.74 Å². The summed E-state index contributed by atoms with van der Waals surface area (Å²) in [6.07, 6.45) is 0. The molecule has 0 atom stereocenters. The molecule has 1 heterocycles. The van der Waals surface area contributed by atoms with E-state index in [9.17, 15) is 0 Å². The number of nitrogen functional groups attached to an aromatic ring is 1. The highest BCUT2D eigenvalue weighted by atomic mass is 16.5. The summed E-state index contributed by atoms with van der Waals surface area (Å²) in [5.74, 6) is 1.35. The molecule has 0 bridgehead atoms. The van der Waals surface area contributed by atoms with E-state index >= 15 is 0 Å². The molecule has 6 heteroatoms. The third-order valence-corrected chi connectivity index (χ3v) is 3.31. The molecule has 3 rings (SSSR count). The van der Waals surface area contributed by atoms with E-state index in [1.54, 1.807) is 11.8 Å². The number of para-hydroxylation sites is 2. The van der Waals surface area contributed by atoms with E-state index in [-0.39, 0.29) is 0 Å². The molecule has 0 radical (unpaired) electrons. The molecule has 0 spiro atoms. The minimum absolute atomic E-state index is 0.641. The fourth-order valence-electron chi connectivity index (χ4n) is 2.15. The van der Waals surface area contributed by atoms with Gasteiger partial charge in [0.05, 0.1) is 7.11 Å². The SMILES string of the molecule is COc1ccccc1-n1nnnc1-c1ccc(N)c(C)c1. The quantitative estimate of drug-likeness (QED) is 0.745. The van der Waals surface area contributed by atoms with Crippen LogP contribution in [0.3, 0.4) is 0 Å². The van der Waals surface area contributed by atoms with Gasteiger partial charge in [0, 0.05) is 11.3 Å². The number of nitrogens with zero attached hydrogens (tertiary/aromatic N) is 4. The van der Waals surface area contributed by atoms with E-state index in [1.165, 1.54) is 0 Å². The molecule has 0 aliphatic carbocycles. The van der Waals surface area contributed by atoms with E-state index in [0.29, 0.717) is 11.6 Å². The summed E-state index contributed by atoms with van der Waals surface area (Å²) in [6, 6.07) is 13.3. The molecule has 0 amide bonds. The summed E-state index contributed by atoms with van der Waals surface area (Å²) < 4.78 is 7.02. The second kappa shape index (κ2) is 5.24. The van der Waals surface area contributed by atoms with Crippen LogP contribution >= 0.6 is 0 Å². The maximum absolute atomic E-state index is 5.86. The number of hydrogen-bond acceptors (Lipinski definition) is 5. The van der Waals surface area contributed by atoms with Gasteiger partial charge in [-0.25, -0.2) is 0 Å². The number of hydrogen-bond donors (Lipinski definition) is 1. The number of benzene rings is 2. The molecule has 1 aromatic heterocycles. The van der Waals surface area contributed by atoms with Crippen LogP contribution < -0.4 is 10.5 Å². The fourth-order valence-corrected chi connectivity index (χ4v) is 2.15. The van der Waals surface area contributed by atoms with Crippen LogP contribution in [0.25, 0.3) is 17.1 Å². The monoisotopic (exact) mass is 281 g/mol. The first-order valence-corrected chi connectivity index (χ1v) is 6.49. The van der Waals surface area contributed by atoms with Gasteiger partial charge in [-0.15, -0.1) is 5.10 Å². The van der Waals surface area contributed by atoms with Crippen molar-refractivity contribution >= 4 is 5.69 Å². The van der Waals surface area contributed by atoms with Crippen LogP contribution in [-0.2, 0) is 0 Å². The normalized spacial score (nSPS) is 10.6. The summed E-state index contributed by atoms with van der Waals surface area (Å²) in [7, 11) is 1.62. The summed E-state index contributed by atoms with van der Waals surface area (Å²) in [5.41, 5.74) is 9.28. The van der Waals surface area contributed by atoms with E-state index < -0.39 is 0 Å². The van der Waals surface area contributed by atoms with Gasteiger partial charge in [-0.2, -0.15) is 4.68 Å². The molecule has 0 saturated carbocycles. The second-order valence-electron chi connectivity index (χ2n) is 4.66. The summed E-state index contributed by atoms with van der Waals surface area (Å²) in [5, 5.41) is 12.0. The molecule has 2 N–H and O–H groups in total. The zero-order valence-electron chi connectivity index (χ0n) is 11.8. The van der Waals surface area contributed by atoms with Gasteiger partial charge in [-0.3, -0.25) is 0 Å². The lowest BCUT2D eigenvalue weighted by atomic mass is 10.1. The first-order chi connectivity index (χ1) is 10.2. The number of ether oxygens (including phenoxy) is 1. The van der Waals surface area contributed by atoms with Gasteiger partial charge in [-0.05, 0) is 53.2 Å². The predicted molar refractivity (Wildman–Crippen MR) is 80.3 cm³/mol. The number of tetrazole rings is 1. The highest BCUT2D eigenvalue weighted by Gasteiger charge is 2.14. The average Bonchev–Trinajstić information content (AvgIpc) is 2.99. The molecule has 0 saturated heterocycles. The van der Waals surface area contributed by atoms with E-state index in [4.69, 9.17) is 10.5 Å². The van der Waals surface area contributed by atoms with Crippen molar-refractivity contribution in [2.75, 3.05) is 12.8 Å². The third kappa shape index (κ3) is 2.31. The highest BCUT2D eigenvalue weighted by molar-refractivity contribution is 5.64. The number of aromatic nitrogens is 4. The van der Waals surface area contributed by atoms with Crippen LogP contribution in [0.15, 0.2) is 42.5 Å². The van der Waals surface area contributed by atoms with Gasteiger partial charge in [0.2, 0.25) is 0 Å². The number of rotatable bonds is 3. The Balaban J connectivity index is 2.15. The van der Waals surface area contributed by atoms with Crippen molar-refractivity contribution in [3.05, 3.63) is 48.0 Å². The molecule has 0 fully saturated rings. The van der Waals surface area contributed by atoms with Gasteiger partial charge in [0.1, 0.15) is 11.4 Å². The van der Waals surface area contributed by atoms with Crippen molar-refractivity contribution in [3.8, 4) is 22.8 Å². The maximum atomic E-state index is 5.86. The van der Waals surface area contributed by atoms with Crippen molar-refractivity contribution in [2.24, 2.45) is 0 Å². The molecular formula is C15H15N5O. The molecular weight excluding hydrogens is 266 g/mol. The summed E-state index contributed by atoms with van der Waals surface area (Å²) >= 11 is 0. The Hall–Kier alpha value is -2.89. The minimum Gasteiger partial charge on any atom is -0.494 e. The zero-order valence-corrected chi connectivity index (χ0v) is 11.8. The summed E-state index contributed by atoms with van der Waals surface area (Å²) in [6.45, 7) is 1.95. The molecule has 3 aromatic rings. The first-order valence-electron chi connectivity index (χ1n) is 6.49. The Bertz CT molecular complexity index is 781. The Labute approximate surface area is 122 Å². The minimum atomic E-state index is 0.641. The van der Waals surface area contributed by atoms with E-state index in [2.05, 4.69) is 15.5 Å². The smallest absolute Gasteiger partial charge is 0.187 e. The van der Waals surface area contributed by atoms with Crippen LogP contribution in [0.5, 0.6) is 5.75 Å². The van der Waals surface area contributed by atoms with Crippen LogP contribution in [0, 0.1) is 6.92 Å². The average molecular weight is 281 g/mol. The lowest BCUT2D eigenvalue weighted by Crippen LogP contribution is -2.02. The fraction of sp³-hybridized carbons (Fsp3) is 0.133. The highest BCUT2D eigenvalue weighted by Crippen LogP contribution is 2.27. The molecule has 2 aromatic carbocycles. The van der Waals surface area contributed by atoms with Gasteiger partial charge in [0.15, 0.2) is 5.82 Å². The van der Waals surface area contributed by atoms with Crippen LogP contribution in [0.2, 0.25) is 0 Å². The largest absolute Gasteiger partial charge is 0.494 e. The molecule has 0 aliphatic rings. The van der Waals surface area contributed by atoms with Gasteiger partial charge in [-0.1, -0.05) is 12.1 Å². The van der Waals surface area contributed by atoms with E-state index in [0.717, 1.165) is 22.5 Å². The zero-order chi connectivity index (χ0) is 14.8. The van der Waals surface area contributed by atoms with Crippen molar-refractivity contribution in [3.63, 3.8) is 0 Å². The Morgan fingerprint density at radius 3 is 2.71 bits per heavy atom. The van der Waals surface area contributed by atoms with Crippen LogP contribution in [-0.4, -0.2) is 27.3 Å². The number of methoxy groups -OCH3 is 1. The van der Waals surface area contributed by atoms with Gasteiger partial charge in [0.25, 0.3) is 0 Å². The lowest BCUT2D eigenvalue weighted by molar-refractivity contribution is 0.411. The Morgan fingerprint density at radius 2 is 1.95 bits per heavy atom. The Kier molecular flexibility index (Phi) is 3.27. The molecule has 6 nitrogen and oxygen atoms in total. The first kappa shape index (κ1) is 13.1. The van der Waals surface area contributed by atoms with Crippen molar-refractivity contribution in [2.45, 2.75) is 6.92 Å². The van der Waals surface area contributed by atoms with E-state index in [1.807, 2.05) is 49.4 Å². The standard InChI is InChI=1S/C15H15N5O/c1-10-9-11(7-8-12(10)16)15-17-18-19-20(15)13-5-3-4-6-14(13)21-2/h3-9H,16H2,1-2H3. The predicted octanol–water partition coefficient (Wildman–Crippen LogP) is 2.23. The second-order valence-corrected chi connectivity index (χ2v) is 4.66. The van der Waals surface area contributed by atoms with Gasteiger partial charge >= 0.3 is 0 Å². The topological polar surface area (TPSA) is 78.8 Å². The maximum Gasteiger partial charge on any atom is 0.187 e. The third-order valence-electron chi connectivity index (χ3n) is 3.31. The number of aryl methyl sites for hydroxylation is 1. The number of nitrogens with two attached hydrogens (primary N) is 1.